The molecule has 2 N–H and O–H groups in total. The molecule has 0 radical (unpaired) electrons. The van der Waals surface area contributed by atoms with Crippen LogP contribution in [0.1, 0.15) is 59.2 Å². The Hall–Kier alpha value is -2.71. The molecule has 26 heavy (non-hydrogen) atoms. The molecule has 1 amide bonds. The van der Waals surface area contributed by atoms with Crippen molar-refractivity contribution in [3.8, 4) is 0 Å². The smallest absolute Gasteiger partial charge is 0.331 e. The van der Waals surface area contributed by atoms with Gasteiger partial charge in [0.15, 0.2) is 11.4 Å². The van der Waals surface area contributed by atoms with Crippen molar-refractivity contribution in [2.24, 2.45) is 0 Å². The first-order valence-corrected chi connectivity index (χ1v) is 8.41. The SMILES string of the molecule is CC(C)(C)c1noc(CCCC(=O)Nc2cnn(C(C)(C)C(=O)O)c2)n1. The molecular formula is C17H25N5O4. The number of aryl methyl sites for hydroxylation is 1. The summed E-state index contributed by atoms with van der Waals surface area (Å²) in [6, 6.07) is 0. The van der Waals surface area contributed by atoms with Crippen LogP contribution in [0.3, 0.4) is 0 Å². The minimum Gasteiger partial charge on any atom is -0.479 e. The van der Waals surface area contributed by atoms with E-state index < -0.39 is 11.5 Å². The highest BCUT2D eigenvalue weighted by Crippen LogP contribution is 2.19. The molecular weight excluding hydrogens is 338 g/mol. The Balaban J connectivity index is 1.83. The second kappa shape index (κ2) is 7.27. The molecule has 9 nitrogen and oxygen atoms in total. The minimum absolute atomic E-state index is 0.178. The maximum atomic E-state index is 12.0. The number of carboxylic acids is 1. The molecule has 0 fully saturated rings. The molecule has 0 unspecified atom stereocenters. The molecule has 0 aromatic carbocycles. The second-order valence-electron chi connectivity index (χ2n) is 7.70. The van der Waals surface area contributed by atoms with Crippen LogP contribution in [-0.4, -0.2) is 36.9 Å². The highest BCUT2D eigenvalue weighted by molar-refractivity contribution is 5.90. The van der Waals surface area contributed by atoms with E-state index in [-0.39, 0.29) is 17.7 Å². The number of carbonyl (C=O) groups is 2. The fraction of sp³-hybridized carbons (Fsp3) is 0.588. The zero-order valence-corrected chi connectivity index (χ0v) is 15.7. The summed E-state index contributed by atoms with van der Waals surface area (Å²) in [5.74, 6) is -0.0370. The Labute approximate surface area is 151 Å². The first-order chi connectivity index (χ1) is 12.0. The predicted octanol–water partition coefficient (Wildman–Crippen LogP) is 2.34. The van der Waals surface area contributed by atoms with Crippen LogP contribution in [-0.2, 0) is 27.0 Å². The highest BCUT2D eigenvalue weighted by Gasteiger charge is 2.30. The Bertz CT molecular complexity index is 785. The summed E-state index contributed by atoms with van der Waals surface area (Å²) >= 11 is 0. The van der Waals surface area contributed by atoms with Gasteiger partial charge in [-0.05, 0) is 20.3 Å². The average Bonchev–Trinajstić information content (AvgIpc) is 3.16. The van der Waals surface area contributed by atoms with Gasteiger partial charge in [-0.25, -0.2) is 4.79 Å². The Morgan fingerprint density at radius 2 is 1.96 bits per heavy atom. The minimum atomic E-state index is -1.19. The molecule has 2 heterocycles. The van der Waals surface area contributed by atoms with Crippen LogP contribution in [0.4, 0.5) is 5.69 Å². The molecule has 0 saturated heterocycles. The van der Waals surface area contributed by atoms with Gasteiger partial charge in [-0.1, -0.05) is 25.9 Å². The number of aliphatic carboxylic acids is 1. The van der Waals surface area contributed by atoms with Crippen molar-refractivity contribution in [2.75, 3.05) is 5.32 Å². The van der Waals surface area contributed by atoms with Gasteiger partial charge in [0.25, 0.3) is 0 Å². The van der Waals surface area contributed by atoms with Crippen LogP contribution in [0.2, 0.25) is 0 Å². The van der Waals surface area contributed by atoms with Crippen LogP contribution in [0.15, 0.2) is 16.9 Å². The van der Waals surface area contributed by atoms with Crippen LogP contribution in [0.5, 0.6) is 0 Å². The Morgan fingerprint density at radius 1 is 1.27 bits per heavy atom. The van der Waals surface area contributed by atoms with E-state index in [9.17, 15) is 14.7 Å². The zero-order chi connectivity index (χ0) is 19.5. The van der Waals surface area contributed by atoms with Gasteiger partial charge in [-0.15, -0.1) is 0 Å². The lowest BCUT2D eigenvalue weighted by Crippen LogP contribution is -2.35. The molecule has 0 aliphatic heterocycles. The summed E-state index contributed by atoms with van der Waals surface area (Å²) in [5, 5.41) is 19.9. The van der Waals surface area contributed by atoms with Crippen molar-refractivity contribution in [3.63, 3.8) is 0 Å². The van der Waals surface area contributed by atoms with E-state index in [0.717, 1.165) is 0 Å². The van der Waals surface area contributed by atoms with Crippen molar-refractivity contribution in [1.82, 2.24) is 19.9 Å². The molecule has 2 aromatic heterocycles. The van der Waals surface area contributed by atoms with Crippen molar-refractivity contribution in [3.05, 3.63) is 24.1 Å². The van der Waals surface area contributed by atoms with E-state index in [4.69, 9.17) is 4.52 Å². The van der Waals surface area contributed by atoms with E-state index >= 15 is 0 Å². The molecule has 0 aliphatic carbocycles. The third-order valence-corrected chi connectivity index (χ3v) is 3.90. The van der Waals surface area contributed by atoms with Gasteiger partial charge >= 0.3 is 5.97 Å². The largest absolute Gasteiger partial charge is 0.479 e. The first kappa shape index (κ1) is 19.6. The van der Waals surface area contributed by atoms with Gasteiger partial charge in [0.05, 0.1) is 11.9 Å². The third kappa shape index (κ3) is 4.68. The summed E-state index contributed by atoms with van der Waals surface area (Å²) in [5.41, 5.74) is -0.911. The number of hydrogen-bond donors (Lipinski definition) is 2. The Kier molecular flexibility index (Phi) is 5.48. The monoisotopic (exact) mass is 363 g/mol. The molecule has 142 valence electrons. The second-order valence-corrected chi connectivity index (χ2v) is 7.70. The fourth-order valence-electron chi connectivity index (χ4n) is 2.08. The van der Waals surface area contributed by atoms with Crippen molar-refractivity contribution >= 4 is 17.6 Å². The number of carbonyl (C=O) groups excluding carboxylic acids is 1. The van der Waals surface area contributed by atoms with Gasteiger partial charge < -0.3 is 14.9 Å². The van der Waals surface area contributed by atoms with Gasteiger partial charge in [0.1, 0.15) is 0 Å². The normalized spacial score (nSPS) is 12.2. The highest BCUT2D eigenvalue weighted by atomic mass is 16.5. The van der Waals surface area contributed by atoms with Crippen molar-refractivity contribution < 1.29 is 19.2 Å². The molecule has 9 heteroatoms. The summed E-state index contributed by atoms with van der Waals surface area (Å²) < 4.78 is 6.50. The van der Waals surface area contributed by atoms with Crippen LogP contribution < -0.4 is 5.32 Å². The number of nitrogens with one attached hydrogen (secondary N) is 1. The van der Waals surface area contributed by atoms with Gasteiger partial charge in [-0.3, -0.25) is 9.48 Å². The molecule has 2 aromatic rings. The average molecular weight is 363 g/mol. The van der Waals surface area contributed by atoms with E-state index in [1.54, 1.807) is 0 Å². The maximum absolute atomic E-state index is 12.0. The lowest BCUT2D eigenvalue weighted by Gasteiger charge is -2.19. The third-order valence-electron chi connectivity index (χ3n) is 3.90. The van der Waals surface area contributed by atoms with Gasteiger partial charge in [0.2, 0.25) is 11.8 Å². The van der Waals surface area contributed by atoms with E-state index in [1.807, 2.05) is 20.8 Å². The molecule has 0 atom stereocenters. The molecule has 0 saturated carbocycles. The topological polar surface area (TPSA) is 123 Å². The summed E-state index contributed by atoms with van der Waals surface area (Å²) in [4.78, 5) is 27.6. The Morgan fingerprint density at radius 3 is 2.54 bits per heavy atom. The van der Waals surface area contributed by atoms with Gasteiger partial charge in [0, 0.05) is 24.5 Å². The lowest BCUT2D eigenvalue weighted by molar-refractivity contribution is -0.146. The number of hydrogen-bond acceptors (Lipinski definition) is 6. The van der Waals surface area contributed by atoms with Gasteiger partial charge in [-0.2, -0.15) is 10.1 Å². The van der Waals surface area contributed by atoms with E-state index in [0.29, 0.717) is 30.2 Å². The standard InChI is InChI=1S/C17H25N5O4/c1-16(2,3)14-20-13(26-21-14)8-6-7-12(23)19-11-9-18-22(10-11)17(4,5)15(24)25/h9-10H,6-8H2,1-5H3,(H,19,23)(H,24,25). The number of carboxylic acid groups (broad SMARTS) is 1. The first-order valence-electron chi connectivity index (χ1n) is 8.41. The molecule has 0 spiro atoms. The fourth-order valence-corrected chi connectivity index (χ4v) is 2.08. The zero-order valence-electron chi connectivity index (χ0n) is 15.7. The predicted molar refractivity (Wildman–Crippen MR) is 93.8 cm³/mol. The molecule has 0 bridgehead atoms. The van der Waals surface area contributed by atoms with E-state index in [2.05, 4.69) is 20.6 Å². The summed E-state index contributed by atoms with van der Waals surface area (Å²) in [6.07, 6.45) is 4.28. The van der Waals surface area contributed by atoms with Crippen molar-refractivity contribution in [1.29, 1.82) is 0 Å². The lowest BCUT2D eigenvalue weighted by atomic mass is 9.96. The van der Waals surface area contributed by atoms with Crippen molar-refractivity contribution in [2.45, 2.75) is 64.8 Å². The van der Waals surface area contributed by atoms with Crippen LogP contribution in [0, 0.1) is 0 Å². The number of nitrogens with zero attached hydrogens (tertiary/aromatic N) is 4. The summed E-state index contributed by atoms with van der Waals surface area (Å²) in [6.45, 7) is 9.07. The quantitative estimate of drug-likeness (QED) is 0.774. The number of rotatable bonds is 7. The number of anilines is 1. The maximum Gasteiger partial charge on any atom is 0.331 e. The number of amides is 1. The number of aromatic nitrogens is 4. The molecule has 2 rings (SSSR count). The van der Waals surface area contributed by atoms with E-state index in [1.165, 1.54) is 30.9 Å². The van der Waals surface area contributed by atoms with Crippen LogP contribution >= 0.6 is 0 Å². The molecule has 0 aliphatic rings. The van der Waals surface area contributed by atoms with Crippen LogP contribution in [0.25, 0.3) is 0 Å². The summed E-state index contributed by atoms with van der Waals surface area (Å²) in [7, 11) is 0.